The summed E-state index contributed by atoms with van der Waals surface area (Å²) in [5.41, 5.74) is 5.12. The Morgan fingerprint density at radius 1 is 0.808 bits per heavy atom. The first-order valence-electron chi connectivity index (χ1n) is 11.2. The minimum absolute atomic E-state index is 0.171. The number of hydrogen-bond donors (Lipinski definition) is 2. The Morgan fingerprint density at radius 2 is 1.31 bits per heavy atom. The number of amides is 1. The van der Waals surface area contributed by atoms with E-state index >= 15 is 0 Å². The Kier molecular flexibility index (Phi) is 19.8. The summed E-state index contributed by atoms with van der Waals surface area (Å²) in [7, 11) is 0. The van der Waals surface area contributed by atoms with Crippen molar-refractivity contribution in [2.24, 2.45) is 11.7 Å². The smallest absolute Gasteiger partial charge is 0.217 e. The first-order valence-corrected chi connectivity index (χ1v) is 11.2. The van der Waals surface area contributed by atoms with Crippen LogP contribution in [0.2, 0.25) is 0 Å². The summed E-state index contributed by atoms with van der Waals surface area (Å²) in [6.07, 6.45) is 25.0. The van der Waals surface area contributed by atoms with Crippen LogP contribution < -0.4 is 5.73 Å². The van der Waals surface area contributed by atoms with Gasteiger partial charge in [0.15, 0.2) is 0 Å². The van der Waals surface area contributed by atoms with Crippen LogP contribution in [0.5, 0.6) is 0 Å². The third kappa shape index (κ3) is 19.5. The van der Waals surface area contributed by atoms with Gasteiger partial charge in [0.1, 0.15) is 0 Å². The van der Waals surface area contributed by atoms with Gasteiger partial charge in [0.05, 0.1) is 0 Å². The second kappa shape index (κ2) is 20.5. The Hall–Kier alpha value is -0.830. The quantitative estimate of drug-likeness (QED) is 0.196. The lowest BCUT2D eigenvalue weighted by molar-refractivity contribution is -0.118. The molecule has 0 saturated carbocycles. The normalized spacial score (nSPS) is 12.7. The third-order valence-electron chi connectivity index (χ3n) is 5.15. The lowest BCUT2D eigenvalue weighted by atomic mass is 9.97. The molecule has 0 heterocycles. The van der Waals surface area contributed by atoms with E-state index in [-0.39, 0.29) is 5.91 Å². The fourth-order valence-electron chi connectivity index (χ4n) is 3.46. The van der Waals surface area contributed by atoms with Crippen molar-refractivity contribution in [2.75, 3.05) is 6.61 Å². The number of aliphatic hydroxyl groups excluding tert-OH is 1. The number of primary amides is 1. The molecule has 3 nitrogen and oxygen atoms in total. The maximum atomic E-state index is 10.6. The summed E-state index contributed by atoms with van der Waals surface area (Å²) in [6.45, 7) is 2.57. The molecule has 0 spiro atoms. The van der Waals surface area contributed by atoms with Crippen LogP contribution in [0.3, 0.4) is 0 Å². The van der Waals surface area contributed by atoms with E-state index in [9.17, 15) is 9.90 Å². The van der Waals surface area contributed by atoms with Crippen molar-refractivity contribution in [1.82, 2.24) is 0 Å². The minimum atomic E-state index is -0.171. The highest BCUT2D eigenvalue weighted by molar-refractivity contribution is 5.73. The zero-order chi connectivity index (χ0) is 19.3. The van der Waals surface area contributed by atoms with E-state index in [1.165, 1.54) is 89.9 Å². The molecule has 0 aliphatic rings. The maximum absolute atomic E-state index is 10.6. The molecule has 0 aromatic heterocycles. The van der Waals surface area contributed by atoms with Crippen LogP contribution in [0.4, 0.5) is 0 Å². The van der Waals surface area contributed by atoms with E-state index in [0.717, 1.165) is 12.8 Å². The number of aliphatic hydroxyl groups is 1. The van der Waals surface area contributed by atoms with Crippen molar-refractivity contribution in [3.63, 3.8) is 0 Å². The molecule has 0 fully saturated rings. The van der Waals surface area contributed by atoms with Crippen molar-refractivity contribution >= 4 is 5.91 Å². The van der Waals surface area contributed by atoms with Crippen molar-refractivity contribution < 1.29 is 9.90 Å². The van der Waals surface area contributed by atoms with Crippen molar-refractivity contribution in [3.8, 4) is 0 Å². The summed E-state index contributed by atoms with van der Waals surface area (Å²) in [5, 5.41) is 9.28. The van der Waals surface area contributed by atoms with E-state index in [1.54, 1.807) is 0 Å². The number of rotatable bonds is 20. The van der Waals surface area contributed by atoms with Gasteiger partial charge in [-0.2, -0.15) is 0 Å². The molecular formula is C23H45NO2. The second-order valence-corrected chi connectivity index (χ2v) is 7.78. The van der Waals surface area contributed by atoms with E-state index in [1.807, 2.05) is 0 Å². The maximum Gasteiger partial charge on any atom is 0.217 e. The Morgan fingerprint density at radius 3 is 1.81 bits per heavy atom. The molecule has 0 saturated heterocycles. The van der Waals surface area contributed by atoms with E-state index in [0.29, 0.717) is 18.9 Å². The molecule has 0 bridgehead atoms. The van der Waals surface area contributed by atoms with Gasteiger partial charge in [0, 0.05) is 13.0 Å². The molecule has 0 aliphatic carbocycles. The fourth-order valence-corrected chi connectivity index (χ4v) is 3.46. The highest BCUT2D eigenvalue weighted by atomic mass is 16.3. The standard InChI is InChI=1S/C23H45NO2/c1-2-18-22(21-25)19-16-14-12-10-8-6-4-3-5-7-9-11-13-15-17-20-23(24)26/h3,5,22,25H,2,4,6-21H2,1H3,(H2,24,26)/b5-3+. The van der Waals surface area contributed by atoms with Crippen LogP contribution in [0, 0.1) is 5.92 Å². The lowest BCUT2D eigenvalue weighted by Crippen LogP contribution is -2.09. The van der Waals surface area contributed by atoms with Gasteiger partial charge < -0.3 is 10.8 Å². The molecule has 154 valence electrons. The van der Waals surface area contributed by atoms with Crippen LogP contribution in [0.25, 0.3) is 0 Å². The molecule has 1 atom stereocenters. The predicted molar refractivity (Wildman–Crippen MR) is 113 cm³/mol. The molecule has 26 heavy (non-hydrogen) atoms. The number of hydrogen-bond acceptors (Lipinski definition) is 2. The molecule has 3 N–H and O–H groups in total. The Bertz CT molecular complexity index is 328. The molecule has 0 radical (unpaired) electrons. The highest BCUT2D eigenvalue weighted by Gasteiger charge is 2.05. The van der Waals surface area contributed by atoms with Crippen molar-refractivity contribution in [2.45, 2.75) is 116 Å². The van der Waals surface area contributed by atoms with Crippen LogP contribution >= 0.6 is 0 Å². The minimum Gasteiger partial charge on any atom is -0.396 e. The number of allylic oxidation sites excluding steroid dienone is 2. The highest BCUT2D eigenvalue weighted by Crippen LogP contribution is 2.16. The second-order valence-electron chi connectivity index (χ2n) is 7.78. The zero-order valence-electron chi connectivity index (χ0n) is 17.4. The van der Waals surface area contributed by atoms with E-state index in [2.05, 4.69) is 19.1 Å². The van der Waals surface area contributed by atoms with E-state index in [4.69, 9.17) is 5.73 Å². The summed E-state index contributed by atoms with van der Waals surface area (Å²) in [5.74, 6) is 0.371. The monoisotopic (exact) mass is 367 g/mol. The summed E-state index contributed by atoms with van der Waals surface area (Å²) >= 11 is 0. The molecule has 0 aromatic rings. The van der Waals surface area contributed by atoms with Crippen molar-refractivity contribution in [3.05, 3.63) is 12.2 Å². The van der Waals surface area contributed by atoms with Gasteiger partial charge in [-0.05, 0) is 50.9 Å². The lowest BCUT2D eigenvalue weighted by Gasteiger charge is -2.12. The van der Waals surface area contributed by atoms with E-state index < -0.39 is 0 Å². The summed E-state index contributed by atoms with van der Waals surface area (Å²) in [4.78, 5) is 10.6. The molecular weight excluding hydrogens is 322 g/mol. The number of unbranched alkanes of at least 4 members (excludes halogenated alkanes) is 11. The van der Waals surface area contributed by atoms with Crippen LogP contribution in [-0.4, -0.2) is 17.6 Å². The van der Waals surface area contributed by atoms with Gasteiger partial charge in [0.25, 0.3) is 0 Å². The van der Waals surface area contributed by atoms with Gasteiger partial charge in [-0.3, -0.25) is 4.79 Å². The Balaban J connectivity index is 3.20. The van der Waals surface area contributed by atoms with Gasteiger partial charge in [-0.25, -0.2) is 0 Å². The third-order valence-corrected chi connectivity index (χ3v) is 5.15. The van der Waals surface area contributed by atoms with Crippen molar-refractivity contribution in [1.29, 1.82) is 0 Å². The molecule has 0 aromatic carbocycles. The van der Waals surface area contributed by atoms with Gasteiger partial charge >= 0.3 is 0 Å². The summed E-state index contributed by atoms with van der Waals surface area (Å²) < 4.78 is 0. The van der Waals surface area contributed by atoms with Crippen LogP contribution in [0.1, 0.15) is 116 Å². The molecule has 0 rings (SSSR count). The molecule has 1 amide bonds. The average Bonchev–Trinajstić information content (AvgIpc) is 2.63. The fraction of sp³-hybridized carbons (Fsp3) is 0.870. The van der Waals surface area contributed by atoms with Crippen LogP contribution in [0.15, 0.2) is 12.2 Å². The number of carbonyl (C=O) groups excluding carboxylic acids is 1. The number of nitrogens with two attached hydrogens (primary N) is 1. The average molecular weight is 368 g/mol. The largest absolute Gasteiger partial charge is 0.396 e. The van der Waals surface area contributed by atoms with Gasteiger partial charge in [-0.1, -0.05) is 76.9 Å². The SMILES string of the molecule is CCCC(CO)CCCCCCCC/C=C/CCCCCCCC(N)=O. The van der Waals surface area contributed by atoms with Gasteiger partial charge in [-0.15, -0.1) is 0 Å². The van der Waals surface area contributed by atoms with Crippen LogP contribution in [-0.2, 0) is 4.79 Å². The molecule has 0 aliphatic heterocycles. The first-order chi connectivity index (χ1) is 12.7. The zero-order valence-corrected chi connectivity index (χ0v) is 17.4. The number of carbonyl (C=O) groups is 1. The van der Waals surface area contributed by atoms with Gasteiger partial charge in [0.2, 0.25) is 5.91 Å². The predicted octanol–water partition coefficient (Wildman–Crippen LogP) is 6.29. The summed E-state index contributed by atoms with van der Waals surface area (Å²) in [6, 6.07) is 0. The Labute approximate surface area is 162 Å². The first kappa shape index (κ1) is 25.2. The topological polar surface area (TPSA) is 63.3 Å². The molecule has 1 unspecified atom stereocenters. The molecule has 3 heteroatoms.